The first-order chi connectivity index (χ1) is 16.9. The second-order valence-electron chi connectivity index (χ2n) is 10.4. The van der Waals surface area contributed by atoms with Crippen molar-refractivity contribution in [3.05, 3.63) is 67.8 Å². The van der Waals surface area contributed by atoms with E-state index in [1.165, 1.54) is 11.1 Å². The van der Waals surface area contributed by atoms with Crippen LogP contribution in [0, 0.1) is 5.82 Å². The number of rotatable bonds is 10. The molecule has 2 fully saturated rings. The Morgan fingerprint density at radius 2 is 1.64 bits per heavy atom. The van der Waals surface area contributed by atoms with Crippen molar-refractivity contribution in [3.63, 3.8) is 0 Å². The van der Waals surface area contributed by atoms with E-state index in [0.29, 0.717) is 0 Å². The summed E-state index contributed by atoms with van der Waals surface area (Å²) in [7, 11) is 0. The molecule has 3 heterocycles. The molecule has 1 aromatic heterocycles. The standard InChI is InChI=1S/C27H39FN2O6/c1-17(2)9-7-10-18(3)11-8-12-19(4)13-14-29-24(32)20(28)15-30(26(29)33)25-23-22(21(16-31)34-25)35-27(5,6)36-23/h9,11,13,15,21-23,25,31H,7-8,10,12,14,16H2,1-6H3/b18-11+,19-13+/t21-,22+,23?,25-/m1/s1. The SMILES string of the molecule is CC(C)=CCC/C(C)=C/CC/C(C)=C/Cn1c(=O)c(F)cn([C@@H]2O[C@H](CO)[C@@H]3OC(C)(C)OC32)c1=O. The molecule has 0 aromatic carbocycles. The lowest BCUT2D eigenvalue weighted by molar-refractivity contribution is -0.200. The maximum absolute atomic E-state index is 14.6. The van der Waals surface area contributed by atoms with Crippen LogP contribution in [0.5, 0.6) is 0 Å². The number of ether oxygens (including phenoxy) is 3. The van der Waals surface area contributed by atoms with Crippen molar-refractivity contribution in [2.24, 2.45) is 0 Å². The van der Waals surface area contributed by atoms with E-state index in [4.69, 9.17) is 14.2 Å². The van der Waals surface area contributed by atoms with E-state index in [1.54, 1.807) is 19.9 Å². The predicted molar refractivity (Wildman–Crippen MR) is 135 cm³/mol. The lowest BCUT2D eigenvalue weighted by Crippen LogP contribution is -2.44. The van der Waals surface area contributed by atoms with E-state index >= 15 is 0 Å². The van der Waals surface area contributed by atoms with Crippen molar-refractivity contribution in [1.29, 1.82) is 0 Å². The van der Waals surface area contributed by atoms with Gasteiger partial charge in [0.1, 0.15) is 18.3 Å². The van der Waals surface area contributed by atoms with Gasteiger partial charge in [0.25, 0.3) is 5.56 Å². The number of allylic oxidation sites excluding steroid dienone is 6. The Balaban J connectivity index is 1.74. The van der Waals surface area contributed by atoms with Crippen LogP contribution in [0.15, 0.2) is 50.7 Å². The highest BCUT2D eigenvalue weighted by Crippen LogP contribution is 2.42. The topological polar surface area (TPSA) is 91.9 Å². The molecular formula is C27H39FN2O6. The summed E-state index contributed by atoms with van der Waals surface area (Å²) in [6.45, 7) is 11.3. The Morgan fingerprint density at radius 1 is 1.03 bits per heavy atom. The summed E-state index contributed by atoms with van der Waals surface area (Å²) < 4.78 is 34.0. The van der Waals surface area contributed by atoms with Crippen molar-refractivity contribution in [3.8, 4) is 0 Å². The molecule has 2 aliphatic heterocycles. The predicted octanol–water partition coefficient (Wildman–Crippen LogP) is 3.98. The zero-order valence-electron chi connectivity index (χ0n) is 22.1. The van der Waals surface area contributed by atoms with Gasteiger partial charge in [-0.1, -0.05) is 34.9 Å². The van der Waals surface area contributed by atoms with Gasteiger partial charge in [-0.05, 0) is 67.2 Å². The fourth-order valence-corrected chi connectivity index (χ4v) is 4.55. The van der Waals surface area contributed by atoms with Crippen LogP contribution in [0.1, 0.15) is 73.5 Å². The first-order valence-electron chi connectivity index (χ1n) is 12.5. The zero-order valence-corrected chi connectivity index (χ0v) is 22.1. The van der Waals surface area contributed by atoms with Crippen LogP contribution < -0.4 is 11.2 Å². The molecule has 1 aromatic rings. The summed E-state index contributed by atoms with van der Waals surface area (Å²) in [6.07, 6.45) is 7.57. The molecular weight excluding hydrogens is 467 g/mol. The molecule has 9 heteroatoms. The van der Waals surface area contributed by atoms with Gasteiger partial charge < -0.3 is 19.3 Å². The average Bonchev–Trinajstić information content (AvgIpc) is 3.28. The van der Waals surface area contributed by atoms with Crippen molar-refractivity contribution in [1.82, 2.24) is 9.13 Å². The normalized spacial score (nSPS) is 25.8. The second kappa shape index (κ2) is 11.8. The molecule has 200 valence electrons. The van der Waals surface area contributed by atoms with Gasteiger partial charge in [-0.2, -0.15) is 4.39 Å². The van der Waals surface area contributed by atoms with E-state index in [9.17, 15) is 19.1 Å². The molecule has 0 bridgehead atoms. The fourth-order valence-electron chi connectivity index (χ4n) is 4.55. The summed E-state index contributed by atoms with van der Waals surface area (Å²) in [4.78, 5) is 25.7. The van der Waals surface area contributed by atoms with Gasteiger partial charge in [-0.25, -0.2) is 4.79 Å². The van der Waals surface area contributed by atoms with Gasteiger partial charge in [-0.15, -0.1) is 0 Å². The number of aliphatic hydroxyl groups excluding tert-OH is 1. The molecule has 2 saturated heterocycles. The second-order valence-corrected chi connectivity index (χ2v) is 10.4. The van der Waals surface area contributed by atoms with Crippen LogP contribution in [-0.2, 0) is 20.8 Å². The summed E-state index contributed by atoms with van der Waals surface area (Å²) in [5, 5.41) is 9.69. The van der Waals surface area contributed by atoms with E-state index < -0.39 is 47.4 Å². The first kappa shape index (κ1) is 28.2. The smallest absolute Gasteiger partial charge is 0.333 e. The highest BCUT2D eigenvalue weighted by atomic mass is 19.1. The molecule has 8 nitrogen and oxygen atoms in total. The van der Waals surface area contributed by atoms with Gasteiger partial charge in [0.15, 0.2) is 12.0 Å². The Morgan fingerprint density at radius 3 is 2.28 bits per heavy atom. The molecule has 0 amide bonds. The van der Waals surface area contributed by atoms with Gasteiger partial charge in [0, 0.05) is 6.54 Å². The summed E-state index contributed by atoms with van der Waals surface area (Å²) >= 11 is 0. The summed E-state index contributed by atoms with van der Waals surface area (Å²) in [5.41, 5.74) is 1.93. The monoisotopic (exact) mass is 506 g/mol. The number of aromatic nitrogens is 2. The number of hydrogen-bond donors (Lipinski definition) is 1. The van der Waals surface area contributed by atoms with Crippen LogP contribution in [0.3, 0.4) is 0 Å². The van der Waals surface area contributed by atoms with E-state index in [1.807, 2.05) is 6.92 Å². The lowest BCUT2D eigenvalue weighted by atomic mass is 10.1. The highest BCUT2D eigenvalue weighted by molar-refractivity contribution is 5.06. The maximum atomic E-state index is 14.6. The number of fused-ring (bicyclic) bond motifs is 1. The van der Waals surface area contributed by atoms with Crippen LogP contribution in [0.2, 0.25) is 0 Å². The van der Waals surface area contributed by atoms with Gasteiger partial charge in [-0.3, -0.25) is 13.9 Å². The van der Waals surface area contributed by atoms with Crippen molar-refractivity contribution < 1.29 is 23.7 Å². The Hall–Kier alpha value is -2.33. The molecule has 0 saturated carbocycles. The molecule has 0 radical (unpaired) electrons. The molecule has 0 aliphatic carbocycles. The van der Waals surface area contributed by atoms with Crippen LogP contribution in [-0.4, -0.2) is 44.9 Å². The lowest BCUT2D eigenvalue weighted by Gasteiger charge is -2.24. The maximum Gasteiger partial charge on any atom is 0.333 e. The van der Waals surface area contributed by atoms with Crippen molar-refractivity contribution >= 4 is 0 Å². The minimum atomic E-state index is -1.07. The van der Waals surface area contributed by atoms with Crippen LogP contribution in [0.4, 0.5) is 4.39 Å². The minimum Gasteiger partial charge on any atom is -0.394 e. The third kappa shape index (κ3) is 6.70. The fraction of sp³-hybridized carbons (Fsp3) is 0.630. The molecule has 0 spiro atoms. The minimum absolute atomic E-state index is 0.0579. The van der Waals surface area contributed by atoms with Crippen molar-refractivity contribution in [2.45, 2.75) is 104 Å². The molecule has 3 rings (SSSR count). The number of nitrogens with zero attached hydrogens (tertiary/aromatic N) is 2. The molecule has 4 atom stereocenters. The van der Waals surface area contributed by atoms with Crippen LogP contribution >= 0.6 is 0 Å². The van der Waals surface area contributed by atoms with E-state index in [0.717, 1.165) is 46.6 Å². The van der Waals surface area contributed by atoms with Gasteiger partial charge in [0.2, 0.25) is 5.82 Å². The third-order valence-electron chi connectivity index (χ3n) is 6.48. The number of halogens is 1. The number of hydrogen-bond acceptors (Lipinski definition) is 6. The van der Waals surface area contributed by atoms with E-state index in [2.05, 4.69) is 32.9 Å². The van der Waals surface area contributed by atoms with Crippen LogP contribution in [0.25, 0.3) is 0 Å². The van der Waals surface area contributed by atoms with Gasteiger partial charge in [0.05, 0.1) is 12.8 Å². The largest absolute Gasteiger partial charge is 0.394 e. The average molecular weight is 507 g/mol. The Labute approximate surface area is 211 Å². The quantitative estimate of drug-likeness (QED) is 0.483. The van der Waals surface area contributed by atoms with E-state index in [-0.39, 0.29) is 13.2 Å². The Kier molecular flexibility index (Phi) is 9.27. The number of aliphatic hydroxyl groups is 1. The summed E-state index contributed by atoms with van der Waals surface area (Å²) in [6, 6.07) is 0. The molecule has 2 aliphatic rings. The zero-order chi connectivity index (χ0) is 26.6. The summed E-state index contributed by atoms with van der Waals surface area (Å²) in [5.74, 6) is -2.01. The highest BCUT2D eigenvalue weighted by Gasteiger charge is 2.56. The van der Waals surface area contributed by atoms with Gasteiger partial charge >= 0.3 is 5.69 Å². The molecule has 1 unspecified atom stereocenters. The molecule has 36 heavy (non-hydrogen) atoms. The first-order valence-corrected chi connectivity index (χ1v) is 12.5. The molecule has 1 N–H and O–H groups in total. The third-order valence-corrected chi connectivity index (χ3v) is 6.48. The van der Waals surface area contributed by atoms with Crippen molar-refractivity contribution in [2.75, 3.05) is 6.61 Å². The Bertz CT molecular complexity index is 1140.